The zero-order chi connectivity index (χ0) is 18.2. The second-order valence-corrected chi connectivity index (χ2v) is 9.03. The van der Waals surface area contributed by atoms with Gasteiger partial charge in [-0.25, -0.2) is 9.97 Å². The summed E-state index contributed by atoms with van der Waals surface area (Å²) in [5.41, 5.74) is 2.09. The first-order chi connectivity index (χ1) is 13.1. The fourth-order valence-corrected chi connectivity index (χ4v) is 6.61. The fourth-order valence-electron chi connectivity index (χ4n) is 6.61. The molecule has 0 saturated heterocycles. The molecule has 0 aliphatic heterocycles. The molecule has 8 nitrogen and oxygen atoms in total. The minimum atomic E-state index is -0.00645. The van der Waals surface area contributed by atoms with Gasteiger partial charge in [-0.1, -0.05) is 0 Å². The van der Waals surface area contributed by atoms with E-state index >= 15 is 0 Å². The summed E-state index contributed by atoms with van der Waals surface area (Å²) in [6, 6.07) is 0. The predicted molar refractivity (Wildman–Crippen MR) is 97.7 cm³/mol. The van der Waals surface area contributed by atoms with Crippen LogP contribution >= 0.6 is 0 Å². The molecule has 27 heavy (non-hydrogen) atoms. The standard InChI is InChI=1S/C19H24N8/c1-12-16(22-11-21-12)17-20-3-4-26(17)18-6-14-5-15(7-18)9-19(8-14,10-18)27-24-13(2)23-25-27/h3-4,11,14-15H,5-10H2,1-2H3,(H,21,22). The third-order valence-corrected chi connectivity index (χ3v) is 7.13. The lowest BCUT2D eigenvalue weighted by atomic mass is 9.50. The van der Waals surface area contributed by atoms with E-state index in [9.17, 15) is 0 Å². The van der Waals surface area contributed by atoms with Crippen molar-refractivity contribution in [3.8, 4) is 11.5 Å². The summed E-state index contributed by atoms with van der Waals surface area (Å²) in [6.07, 6.45) is 13.0. The number of tetrazole rings is 1. The van der Waals surface area contributed by atoms with Crippen LogP contribution in [0.1, 0.15) is 50.0 Å². The highest BCUT2D eigenvalue weighted by atomic mass is 15.6. The molecule has 2 atom stereocenters. The molecule has 0 spiro atoms. The number of rotatable bonds is 3. The van der Waals surface area contributed by atoms with E-state index in [0.29, 0.717) is 11.8 Å². The van der Waals surface area contributed by atoms with Gasteiger partial charge in [0.2, 0.25) is 0 Å². The molecular formula is C19H24N8. The molecule has 2 unspecified atom stereocenters. The van der Waals surface area contributed by atoms with Crippen LogP contribution in [0.5, 0.6) is 0 Å². The van der Waals surface area contributed by atoms with Gasteiger partial charge in [-0.2, -0.15) is 4.80 Å². The maximum atomic E-state index is 4.71. The van der Waals surface area contributed by atoms with Crippen molar-refractivity contribution in [2.45, 2.75) is 63.5 Å². The Balaban J connectivity index is 1.49. The third-order valence-electron chi connectivity index (χ3n) is 7.13. The van der Waals surface area contributed by atoms with Crippen molar-refractivity contribution in [3.05, 3.63) is 30.2 Å². The summed E-state index contributed by atoms with van der Waals surface area (Å²) in [5, 5.41) is 13.3. The van der Waals surface area contributed by atoms with E-state index in [-0.39, 0.29) is 11.1 Å². The molecule has 4 aliphatic rings. The maximum Gasteiger partial charge on any atom is 0.171 e. The SMILES string of the molecule is Cc1nnn(C23CC4CC(C2)CC(n2ccnc2-c2nc[nH]c2C)(C4)C3)n1. The van der Waals surface area contributed by atoms with Crippen molar-refractivity contribution >= 4 is 0 Å². The van der Waals surface area contributed by atoms with Gasteiger partial charge in [-0.3, -0.25) is 0 Å². The Labute approximate surface area is 157 Å². The van der Waals surface area contributed by atoms with E-state index in [1.807, 2.05) is 17.9 Å². The van der Waals surface area contributed by atoms with Gasteiger partial charge in [0.25, 0.3) is 0 Å². The molecule has 0 aromatic carbocycles. The molecule has 7 rings (SSSR count). The minimum Gasteiger partial charge on any atom is -0.348 e. The van der Waals surface area contributed by atoms with Crippen molar-refractivity contribution in [1.29, 1.82) is 0 Å². The molecule has 4 bridgehead atoms. The number of aryl methyl sites for hydroxylation is 2. The molecule has 0 radical (unpaired) electrons. The Bertz CT molecular complexity index is 997. The number of imidazole rings is 2. The normalized spacial score (nSPS) is 34.4. The van der Waals surface area contributed by atoms with Gasteiger partial charge >= 0.3 is 0 Å². The summed E-state index contributed by atoms with van der Waals surface area (Å²) in [4.78, 5) is 14.4. The van der Waals surface area contributed by atoms with Gasteiger partial charge in [-0.15, -0.1) is 10.2 Å². The summed E-state index contributed by atoms with van der Waals surface area (Å²) in [6.45, 7) is 3.98. The van der Waals surface area contributed by atoms with Crippen molar-refractivity contribution < 1.29 is 0 Å². The zero-order valence-electron chi connectivity index (χ0n) is 15.8. The van der Waals surface area contributed by atoms with E-state index in [2.05, 4.69) is 43.1 Å². The van der Waals surface area contributed by atoms with Crippen LogP contribution in [-0.2, 0) is 11.1 Å². The Hall–Kier alpha value is -2.51. The molecular weight excluding hydrogens is 340 g/mol. The lowest BCUT2D eigenvalue weighted by molar-refractivity contribution is -0.103. The first-order valence-electron chi connectivity index (χ1n) is 9.88. The molecule has 4 fully saturated rings. The topological polar surface area (TPSA) is 90.1 Å². The predicted octanol–water partition coefficient (Wildman–Crippen LogP) is 2.58. The second-order valence-electron chi connectivity index (χ2n) is 9.03. The van der Waals surface area contributed by atoms with Crippen LogP contribution in [0.4, 0.5) is 0 Å². The number of hydrogen-bond acceptors (Lipinski definition) is 5. The van der Waals surface area contributed by atoms with Crippen LogP contribution in [0, 0.1) is 25.7 Å². The van der Waals surface area contributed by atoms with E-state index in [1.54, 1.807) is 6.33 Å². The third kappa shape index (κ3) is 2.06. The molecule has 3 heterocycles. The van der Waals surface area contributed by atoms with E-state index in [1.165, 1.54) is 32.1 Å². The number of aromatic nitrogens is 8. The molecule has 140 valence electrons. The molecule has 4 saturated carbocycles. The summed E-state index contributed by atoms with van der Waals surface area (Å²) in [7, 11) is 0. The summed E-state index contributed by atoms with van der Waals surface area (Å²) < 4.78 is 2.42. The average molecular weight is 364 g/mol. The van der Waals surface area contributed by atoms with Crippen molar-refractivity contribution in [1.82, 2.24) is 39.7 Å². The first kappa shape index (κ1) is 15.5. The van der Waals surface area contributed by atoms with Crippen molar-refractivity contribution in [2.24, 2.45) is 11.8 Å². The van der Waals surface area contributed by atoms with E-state index in [0.717, 1.165) is 29.5 Å². The first-order valence-corrected chi connectivity index (χ1v) is 9.88. The number of nitrogens with one attached hydrogen (secondary N) is 1. The number of hydrogen-bond donors (Lipinski definition) is 1. The van der Waals surface area contributed by atoms with Gasteiger partial charge in [0.15, 0.2) is 11.6 Å². The number of aromatic amines is 1. The Morgan fingerprint density at radius 1 is 1.07 bits per heavy atom. The minimum absolute atomic E-state index is 0.00645. The fraction of sp³-hybridized carbons (Fsp3) is 0.632. The van der Waals surface area contributed by atoms with Crippen LogP contribution in [-0.4, -0.2) is 39.7 Å². The molecule has 0 amide bonds. The summed E-state index contributed by atoms with van der Waals surface area (Å²) >= 11 is 0. The largest absolute Gasteiger partial charge is 0.348 e. The second kappa shape index (κ2) is 5.05. The van der Waals surface area contributed by atoms with Gasteiger partial charge < -0.3 is 9.55 Å². The van der Waals surface area contributed by atoms with Crippen molar-refractivity contribution in [2.75, 3.05) is 0 Å². The molecule has 3 aromatic heterocycles. The molecule has 8 heteroatoms. The van der Waals surface area contributed by atoms with E-state index in [4.69, 9.17) is 4.98 Å². The molecule has 4 aliphatic carbocycles. The molecule has 1 N–H and O–H groups in total. The van der Waals surface area contributed by atoms with Gasteiger partial charge in [0, 0.05) is 23.6 Å². The zero-order valence-corrected chi connectivity index (χ0v) is 15.8. The highest BCUT2D eigenvalue weighted by Gasteiger charge is 2.60. The lowest BCUT2D eigenvalue weighted by Gasteiger charge is -2.61. The Morgan fingerprint density at radius 3 is 2.52 bits per heavy atom. The van der Waals surface area contributed by atoms with Gasteiger partial charge in [-0.05, 0) is 69.4 Å². The highest BCUT2D eigenvalue weighted by Crippen LogP contribution is 2.63. The van der Waals surface area contributed by atoms with Gasteiger partial charge in [0.1, 0.15) is 5.69 Å². The van der Waals surface area contributed by atoms with E-state index < -0.39 is 0 Å². The lowest BCUT2D eigenvalue weighted by Crippen LogP contribution is -2.60. The van der Waals surface area contributed by atoms with Crippen molar-refractivity contribution in [3.63, 3.8) is 0 Å². The monoisotopic (exact) mass is 364 g/mol. The number of nitrogens with zero attached hydrogens (tertiary/aromatic N) is 7. The number of H-pyrrole nitrogens is 1. The van der Waals surface area contributed by atoms with Crippen LogP contribution in [0.25, 0.3) is 11.5 Å². The smallest absolute Gasteiger partial charge is 0.171 e. The van der Waals surface area contributed by atoms with Gasteiger partial charge in [0.05, 0.1) is 11.9 Å². The van der Waals surface area contributed by atoms with Crippen LogP contribution in [0.2, 0.25) is 0 Å². The average Bonchev–Trinajstić information content (AvgIpc) is 3.33. The Morgan fingerprint density at radius 2 is 1.85 bits per heavy atom. The maximum absolute atomic E-state index is 4.71. The Kier molecular flexibility index (Phi) is 2.91. The van der Waals surface area contributed by atoms with Crippen LogP contribution < -0.4 is 0 Å². The highest BCUT2D eigenvalue weighted by molar-refractivity contribution is 5.53. The van der Waals surface area contributed by atoms with Crippen LogP contribution in [0.15, 0.2) is 18.7 Å². The van der Waals surface area contributed by atoms with Crippen LogP contribution in [0.3, 0.4) is 0 Å². The quantitative estimate of drug-likeness (QED) is 0.771. The molecule has 3 aromatic rings. The summed E-state index contributed by atoms with van der Waals surface area (Å²) in [5.74, 6) is 3.17.